The van der Waals surface area contributed by atoms with E-state index in [2.05, 4.69) is 57.5 Å². The zero-order valence-electron chi connectivity index (χ0n) is 25.5. The Morgan fingerprint density at radius 2 is 1.62 bits per heavy atom. The molecular weight excluding hydrogens is 554 g/mol. The maximum atomic E-state index is 13.5. The van der Waals surface area contributed by atoms with Gasteiger partial charge in [0.15, 0.2) is 6.10 Å². The van der Waals surface area contributed by atoms with Gasteiger partial charge >= 0.3 is 18.0 Å². The summed E-state index contributed by atoms with van der Waals surface area (Å²) in [6, 6.07) is 4.73. The fourth-order valence-corrected chi connectivity index (χ4v) is 7.45. The van der Waals surface area contributed by atoms with Crippen molar-refractivity contribution in [1.29, 1.82) is 0 Å². The molecule has 2 aliphatic carbocycles. The van der Waals surface area contributed by atoms with Gasteiger partial charge in [0, 0.05) is 25.3 Å². The largest absolute Gasteiger partial charge is 0.543 e. The molecule has 9 nitrogen and oxygen atoms in total. The van der Waals surface area contributed by atoms with Crippen LogP contribution in [0.25, 0.3) is 0 Å². The first kappa shape index (κ1) is 29.7. The first-order valence-corrected chi connectivity index (χ1v) is 17.0. The summed E-state index contributed by atoms with van der Waals surface area (Å²) in [6.45, 7) is 15.3. The molecular formula is C32H37NO8Si. The van der Waals surface area contributed by atoms with E-state index < -0.39 is 67.6 Å². The average molecular weight is 592 g/mol. The molecule has 2 aliphatic heterocycles. The van der Waals surface area contributed by atoms with Gasteiger partial charge in [0.25, 0.3) is 0 Å². The van der Waals surface area contributed by atoms with Crippen molar-refractivity contribution in [3.63, 3.8) is 0 Å². The lowest BCUT2D eigenvalue weighted by Crippen LogP contribution is -2.66. The molecule has 1 saturated heterocycles. The Morgan fingerprint density at radius 1 is 1.00 bits per heavy atom. The molecule has 7 atom stereocenters. The molecule has 0 N–H and O–H groups in total. The number of ether oxygens (including phenoxy) is 4. The Hall–Kier alpha value is -3.73. The van der Waals surface area contributed by atoms with Gasteiger partial charge in [-0.3, -0.25) is 14.5 Å². The Bertz CT molecular complexity index is 1500. The molecule has 4 aliphatic rings. The number of rotatable bonds is 4. The summed E-state index contributed by atoms with van der Waals surface area (Å²) in [5, 5.41) is -0.0614. The van der Waals surface area contributed by atoms with Crippen LogP contribution in [0.15, 0.2) is 30.4 Å². The third-order valence-electron chi connectivity index (χ3n) is 9.28. The van der Waals surface area contributed by atoms with Crippen LogP contribution in [0.5, 0.6) is 5.75 Å². The average Bonchev–Trinajstić information content (AvgIpc) is 3.61. The number of fused-ring (bicyclic) bond motifs is 1. The highest BCUT2D eigenvalue weighted by Crippen LogP contribution is 2.74. The van der Waals surface area contributed by atoms with Gasteiger partial charge in [0.2, 0.25) is 8.32 Å². The second kappa shape index (κ2) is 9.93. The van der Waals surface area contributed by atoms with Crippen LogP contribution in [0.1, 0.15) is 47.1 Å². The van der Waals surface area contributed by atoms with Crippen molar-refractivity contribution in [2.45, 2.75) is 89.1 Å². The molecule has 0 unspecified atom stereocenters. The molecule has 1 amide bonds. The zero-order valence-corrected chi connectivity index (χ0v) is 26.5. The maximum Gasteiger partial charge on any atom is 0.415 e. The van der Waals surface area contributed by atoms with E-state index in [0.29, 0.717) is 17.0 Å². The number of benzene rings is 1. The predicted octanol–water partition coefficient (Wildman–Crippen LogP) is 4.70. The molecule has 2 heterocycles. The zero-order chi connectivity index (χ0) is 30.8. The van der Waals surface area contributed by atoms with Gasteiger partial charge in [-0.1, -0.05) is 51.4 Å². The first-order chi connectivity index (χ1) is 19.6. The number of hydrogen-bond donors (Lipinski definition) is 0. The van der Waals surface area contributed by atoms with Crippen LogP contribution < -0.4 is 9.33 Å². The van der Waals surface area contributed by atoms with Crippen LogP contribution in [-0.4, -0.2) is 57.3 Å². The summed E-state index contributed by atoms with van der Waals surface area (Å²) >= 11 is 0. The maximum absolute atomic E-state index is 13.5. The van der Waals surface area contributed by atoms with Gasteiger partial charge in [-0.25, -0.2) is 4.79 Å². The van der Waals surface area contributed by atoms with Crippen LogP contribution in [0.3, 0.4) is 0 Å². The highest BCUT2D eigenvalue weighted by molar-refractivity contribution is 6.74. The number of anilines is 1. The van der Waals surface area contributed by atoms with Gasteiger partial charge in [-0.05, 0) is 48.5 Å². The molecule has 10 heteroatoms. The summed E-state index contributed by atoms with van der Waals surface area (Å²) in [5.74, 6) is 10.7. The van der Waals surface area contributed by atoms with E-state index in [1.165, 1.54) is 25.9 Å². The van der Waals surface area contributed by atoms with Crippen molar-refractivity contribution >= 4 is 32.0 Å². The number of carbonyl (C=O) groups is 3. The number of epoxide rings is 1. The Labute approximate surface area is 248 Å². The molecule has 1 saturated carbocycles. The van der Waals surface area contributed by atoms with E-state index >= 15 is 0 Å². The second-order valence-corrected chi connectivity index (χ2v) is 17.5. The summed E-state index contributed by atoms with van der Waals surface area (Å²) < 4.78 is 30.6. The van der Waals surface area contributed by atoms with Crippen molar-refractivity contribution in [1.82, 2.24) is 0 Å². The van der Waals surface area contributed by atoms with Crippen molar-refractivity contribution in [2.75, 3.05) is 12.0 Å². The molecule has 42 heavy (non-hydrogen) atoms. The van der Waals surface area contributed by atoms with Crippen molar-refractivity contribution in [3.05, 3.63) is 35.9 Å². The highest BCUT2D eigenvalue weighted by Gasteiger charge is 2.88. The van der Waals surface area contributed by atoms with E-state index in [9.17, 15) is 14.4 Å². The lowest BCUT2D eigenvalue weighted by Gasteiger charge is -2.50. The smallest absolute Gasteiger partial charge is 0.415 e. The Kier molecular flexibility index (Phi) is 7.03. The molecule has 0 radical (unpaired) electrons. The van der Waals surface area contributed by atoms with Gasteiger partial charge in [-0.2, -0.15) is 0 Å². The van der Waals surface area contributed by atoms with Crippen molar-refractivity contribution < 1.29 is 37.8 Å². The minimum absolute atomic E-state index is 0.0614. The van der Waals surface area contributed by atoms with E-state index in [1.54, 1.807) is 12.2 Å². The molecule has 222 valence electrons. The predicted molar refractivity (Wildman–Crippen MR) is 157 cm³/mol. The monoisotopic (exact) mass is 591 g/mol. The SMILES string of the molecule is COC(=O)N1c2ccc(O[Si](C)(C)C(C)(C)C)cc2[C@@]23O[C@@]24[C@@H]1C#C/C=C\C#C[C@@H]3[C@@H](OC(C)=O)[C@@H](OC(C)=O)[C@@H]4C. The van der Waals surface area contributed by atoms with E-state index in [-0.39, 0.29) is 5.04 Å². The number of carbonyl (C=O) groups excluding carboxylic acids is 3. The van der Waals surface area contributed by atoms with Crippen LogP contribution in [0.2, 0.25) is 18.1 Å². The number of nitrogens with zero attached hydrogens (tertiary/aromatic N) is 1. The quantitative estimate of drug-likeness (QED) is 0.163. The number of methoxy groups -OCH3 is 1. The molecule has 4 bridgehead atoms. The third kappa shape index (κ3) is 4.23. The van der Waals surface area contributed by atoms with Gasteiger partial charge in [0.05, 0.1) is 18.7 Å². The number of allylic oxidation sites excluding steroid dienone is 2. The van der Waals surface area contributed by atoms with Crippen molar-refractivity contribution in [2.24, 2.45) is 11.8 Å². The fourth-order valence-electron chi connectivity index (χ4n) is 6.43. The van der Waals surface area contributed by atoms with Crippen LogP contribution in [-0.2, 0) is 34.1 Å². The summed E-state index contributed by atoms with van der Waals surface area (Å²) in [4.78, 5) is 39.8. The molecule has 0 aromatic heterocycles. The molecule has 2 fully saturated rings. The summed E-state index contributed by atoms with van der Waals surface area (Å²) in [5.41, 5.74) is -1.14. The molecule has 5 rings (SSSR count). The standard InChI is InChI=1S/C32H37NO8Si/c1-19-27(38-20(2)34)28(39-21(3)35)23-14-12-10-11-13-15-26-31(19)32(23,41-31)24-18-22(40-42(8,9)30(4,5)6)16-17-25(24)33(26)29(36)37-7/h10-11,16-19,23,26-28H,1-9H3/b11-10-/t19-,23+,26-,27-,28+,31-,32+/m0/s1. The van der Waals surface area contributed by atoms with E-state index in [1.807, 2.05) is 25.1 Å². The molecule has 1 aromatic rings. The van der Waals surface area contributed by atoms with Gasteiger partial charge in [0.1, 0.15) is 29.1 Å². The van der Waals surface area contributed by atoms with Gasteiger partial charge < -0.3 is 23.4 Å². The summed E-state index contributed by atoms with van der Waals surface area (Å²) in [7, 11) is -0.938. The fraction of sp³-hybridized carbons (Fsp3) is 0.531. The number of hydrogen-bond acceptors (Lipinski definition) is 8. The normalized spacial score (nSPS) is 32.7. The van der Waals surface area contributed by atoms with E-state index in [4.69, 9.17) is 23.4 Å². The lowest BCUT2D eigenvalue weighted by molar-refractivity contribution is -0.180. The van der Waals surface area contributed by atoms with Crippen molar-refractivity contribution in [3.8, 4) is 29.4 Å². The first-order valence-electron chi connectivity index (χ1n) is 14.0. The van der Waals surface area contributed by atoms with E-state index in [0.717, 1.165) is 0 Å². The Balaban J connectivity index is 1.81. The topological polar surface area (TPSA) is 104 Å². The van der Waals surface area contributed by atoms with Crippen LogP contribution >= 0.6 is 0 Å². The van der Waals surface area contributed by atoms with Gasteiger partial charge in [-0.15, -0.1) is 0 Å². The number of amides is 1. The minimum Gasteiger partial charge on any atom is -0.543 e. The Morgan fingerprint density at radius 3 is 2.21 bits per heavy atom. The third-order valence-corrected chi connectivity index (χ3v) is 13.6. The lowest BCUT2D eigenvalue weighted by atomic mass is 9.58. The highest BCUT2D eigenvalue weighted by atomic mass is 28.4. The van der Waals surface area contributed by atoms with Crippen LogP contribution in [0, 0.1) is 35.5 Å². The molecule has 1 aromatic carbocycles. The van der Waals surface area contributed by atoms with Crippen LogP contribution in [0.4, 0.5) is 10.5 Å². The summed E-state index contributed by atoms with van der Waals surface area (Å²) in [6.07, 6.45) is 0.716. The molecule has 0 spiro atoms. The minimum atomic E-state index is -2.25. The second-order valence-electron chi connectivity index (χ2n) is 12.7. The number of esters is 2.